The first-order valence-electron chi connectivity index (χ1n) is 6.21. The second kappa shape index (κ2) is 5.26. The van der Waals surface area contributed by atoms with Crippen molar-refractivity contribution in [2.75, 3.05) is 0 Å². The Morgan fingerprint density at radius 2 is 2.10 bits per heavy atom. The monoisotopic (exact) mass is 303 g/mol. The van der Waals surface area contributed by atoms with Gasteiger partial charge in [0, 0.05) is 18.0 Å². The summed E-state index contributed by atoms with van der Waals surface area (Å²) in [5.74, 6) is 1.05. The molecule has 0 unspecified atom stereocenters. The molecule has 0 saturated carbocycles. The largest absolute Gasteiger partial charge is 0.281 e. The lowest BCUT2D eigenvalue weighted by atomic mass is 10.1. The summed E-state index contributed by atoms with van der Waals surface area (Å²) in [7, 11) is 0. The van der Waals surface area contributed by atoms with E-state index in [1.54, 1.807) is 17.5 Å². The van der Waals surface area contributed by atoms with Gasteiger partial charge < -0.3 is 0 Å². The highest BCUT2D eigenvalue weighted by Crippen LogP contribution is 2.36. The first kappa shape index (κ1) is 13.1. The SMILES string of the molecule is CC(C)c1nc(-c2cccnc2)sc1-c1nc(=S)[nH][nH]1. The summed E-state index contributed by atoms with van der Waals surface area (Å²) in [6.45, 7) is 4.24. The number of pyridine rings is 1. The van der Waals surface area contributed by atoms with Crippen molar-refractivity contribution in [2.24, 2.45) is 0 Å². The Morgan fingerprint density at radius 1 is 1.25 bits per heavy atom. The molecule has 3 aromatic heterocycles. The molecule has 0 aromatic carbocycles. The third-order valence-electron chi connectivity index (χ3n) is 2.82. The van der Waals surface area contributed by atoms with E-state index in [1.165, 1.54) is 0 Å². The van der Waals surface area contributed by atoms with Gasteiger partial charge in [-0.2, -0.15) is 4.98 Å². The van der Waals surface area contributed by atoms with E-state index in [2.05, 4.69) is 34.0 Å². The third-order valence-corrected chi connectivity index (χ3v) is 4.15. The van der Waals surface area contributed by atoms with Gasteiger partial charge in [-0.25, -0.2) is 4.98 Å². The molecule has 0 saturated heterocycles. The highest BCUT2D eigenvalue weighted by atomic mass is 32.1. The normalized spacial score (nSPS) is 11.2. The fourth-order valence-electron chi connectivity index (χ4n) is 1.88. The summed E-state index contributed by atoms with van der Waals surface area (Å²) in [5.41, 5.74) is 2.03. The zero-order valence-corrected chi connectivity index (χ0v) is 12.7. The van der Waals surface area contributed by atoms with Crippen LogP contribution in [0.1, 0.15) is 25.5 Å². The molecule has 0 bridgehead atoms. The maximum absolute atomic E-state index is 5.02. The highest BCUT2D eigenvalue weighted by molar-refractivity contribution is 7.71. The number of nitrogens with zero attached hydrogens (tertiary/aromatic N) is 3. The van der Waals surface area contributed by atoms with Crippen molar-refractivity contribution in [2.45, 2.75) is 19.8 Å². The molecule has 7 heteroatoms. The van der Waals surface area contributed by atoms with E-state index in [9.17, 15) is 0 Å². The third kappa shape index (κ3) is 2.41. The van der Waals surface area contributed by atoms with Crippen molar-refractivity contribution in [3.63, 3.8) is 0 Å². The number of hydrogen-bond donors (Lipinski definition) is 2. The minimum atomic E-state index is 0.311. The van der Waals surface area contributed by atoms with E-state index >= 15 is 0 Å². The van der Waals surface area contributed by atoms with Crippen LogP contribution in [-0.4, -0.2) is 25.1 Å². The summed E-state index contributed by atoms with van der Waals surface area (Å²) in [4.78, 5) is 14.2. The minimum Gasteiger partial charge on any atom is -0.281 e. The predicted molar refractivity (Wildman–Crippen MR) is 82.2 cm³/mol. The van der Waals surface area contributed by atoms with Gasteiger partial charge in [0.1, 0.15) is 5.01 Å². The molecule has 3 heterocycles. The molecule has 3 aromatic rings. The van der Waals surface area contributed by atoms with E-state index in [4.69, 9.17) is 17.2 Å². The van der Waals surface area contributed by atoms with Crippen LogP contribution in [0.2, 0.25) is 0 Å². The Labute approximate surface area is 125 Å². The van der Waals surface area contributed by atoms with Crippen LogP contribution in [0.15, 0.2) is 24.5 Å². The van der Waals surface area contributed by atoms with Crippen molar-refractivity contribution in [3.05, 3.63) is 35.0 Å². The molecular weight excluding hydrogens is 290 g/mol. The molecule has 5 nitrogen and oxygen atoms in total. The van der Waals surface area contributed by atoms with Crippen LogP contribution < -0.4 is 0 Å². The number of thiazole rings is 1. The van der Waals surface area contributed by atoms with Crippen LogP contribution in [0.4, 0.5) is 0 Å². The standard InChI is InChI=1S/C13H13N5S2/c1-7(2)9-10(11-16-13(19)18-17-11)20-12(15-9)8-4-3-5-14-6-8/h3-7H,1-2H3,(H2,16,17,18,19). The number of rotatable bonds is 3. The quantitative estimate of drug-likeness (QED) is 0.722. The molecule has 0 amide bonds. The van der Waals surface area contributed by atoms with Gasteiger partial charge in [-0.1, -0.05) is 13.8 Å². The minimum absolute atomic E-state index is 0.311. The van der Waals surface area contributed by atoms with Crippen LogP contribution in [-0.2, 0) is 0 Å². The zero-order valence-electron chi connectivity index (χ0n) is 11.0. The summed E-state index contributed by atoms with van der Waals surface area (Å²) in [6, 6.07) is 3.92. The lowest BCUT2D eigenvalue weighted by Crippen LogP contribution is -1.91. The molecule has 0 atom stereocenters. The molecule has 102 valence electrons. The molecule has 0 radical (unpaired) electrons. The topological polar surface area (TPSA) is 70.2 Å². The fraction of sp³-hybridized carbons (Fsp3) is 0.231. The molecule has 0 fully saturated rings. The van der Waals surface area contributed by atoms with Gasteiger partial charge in [-0.15, -0.1) is 11.3 Å². The Hall–Kier alpha value is -1.86. The van der Waals surface area contributed by atoms with E-state index < -0.39 is 0 Å². The first-order chi connectivity index (χ1) is 9.65. The van der Waals surface area contributed by atoms with Gasteiger partial charge in [0.2, 0.25) is 4.77 Å². The lowest BCUT2D eigenvalue weighted by Gasteiger charge is -2.01. The average Bonchev–Trinajstić information content (AvgIpc) is 3.05. The summed E-state index contributed by atoms with van der Waals surface area (Å²) < 4.78 is 0.450. The molecule has 3 rings (SSSR count). The maximum atomic E-state index is 5.02. The first-order valence-corrected chi connectivity index (χ1v) is 7.44. The van der Waals surface area contributed by atoms with Crippen LogP contribution in [0.25, 0.3) is 21.3 Å². The molecule has 0 aliphatic carbocycles. The van der Waals surface area contributed by atoms with E-state index in [-0.39, 0.29) is 0 Å². The smallest absolute Gasteiger partial charge is 0.213 e. The summed E-state index contributed by atoms with van der Waals surface area (Å²) >= 11 is 6.61. The highest BCUT2D eigenvalue weighted by Gasteiger charge is 2.18. The van der Waals surface area contributed by atoms with Gasteiger partial charge in [-0.3, -0.25) is 15.2 Å². The van der Waals surface area contributed by atoms with Crippen LogP contribution in [0.5, 0.6) is 0 Å². The van der Waals surface area contributed by atoms with E-state index in [0.29, 0.717) is 10.7 Å². The number of aromatic amines is 2. The van der Waals surface area contributed by atoms with E-state index in [1.807, 2.05) is 18.3 Å². The Kier molecular flexibility index (Phi) is 3.45. The molecule has 0 aliphatic heterocycles. The van der Waals surface area contributed by atoms with Gasteiger partial charge in [0.25, 0.3) is 0 Å². The summed E-state index contributed by atoms with van der Waals surface area (Å²) in [6.07, 6.45) is 3.58. The van der Waals surface area contributed by atoms with Crippen molar-refractivity contribution in [1.29, 1.82) is 0 Å². The molecule has 20 heavy (non-hydrogen) atoms. The van der Waals surface area contributed by atoms with E-state index in [0.717, 1.165) is 27.0 Å². The Bertz CT molecular complexity index is 769. The summed E-state index contributed by atoms with van der Waals surface area (Å²) in [5, 5.41) is 6.77. The number of nitrogens with one attached hydrogen (secondary N) is 2. The van der Waals surface area contributed by atoms with Gasteiger partial charge in [0.15, 0.2) is 5.82 Å². The number of H-pyrrole nitrogens is 2. The van der Waals surface area contributed by atoms with Crippen molar-refractivity contribution >= 4 is 23.6 Å². The Balaban J connectivity index is 2.14. The number of hydrogen-bond acceptors (Lipinski definition) is 5. The predicted octanol–water partition coefficient (Wildman–Crippen LogP) is 3.78. The van der Waals surface area contributed by atoms with Crippen molar-refractivity contribution in [3.8, 4) is 21.3 Å². The zero-order chi connectivity index (χ0) is 14.1. The van der Waals surface area contributed by atoms with Gasteiger partial charge in [-0.05, 0) is 30.3 Å². The molecular formula is C13H13N5S2. The molecule has 0 aliphatic rings. The van der Waals surface area contributed by atoms with Gasteiger partial charge >= 0.3 is 0 Å². The van der Waals surface area contributed by atoms with Crippen molar-refractivity contribution in [1.82, 2.24) is 25.1 Å². The average molecular weight is 303 g/mol. The van der Waals surface area contributed by atoms with Crippen LogP contribution >= 0.6 is 23.6 Å². The second-order valence-electron chi connectivity index (χ2n) is 4.65. The maximum Gasteiger partial charge on any atom is 0.213 e. The van der Waals surface area contributed by atoms with Crippen LogP contribution in [0, 0.1) is 4.77 Å². The van der Waals surface area contributed by atoms with Crippen molar-refractivity contribution < 1.29 is 0 Å². The molecule has 0 spiro atoms. The van der Waals surface area contributed by atoms with Gasteiger partial charge in [0.05, 0.1) is 10.6 Å². The van der Waals surface area contributed by atoms with Crippen LogP contribution in [0.3, 0.4) is 0 Å². The second-order valence-corrected chi connectivity index (χ2v) is 6.03. The lowest BCUT2D eigenvalue weighted by molar-refractivity contribution is 0.834. The fourth-order valence-corrected chi connectivity index (χ4v) is 3.18. The number of aromatic nitrogens is 5. The Morgan fingerprint density at radius 3 is 2.70 bits per heavy atom. The molecule has 2 N–H and O–H groups in total.